The van der Waals surface area contributed by atoms with E-state index >= 15 is 0 Å². The minimum absolute atomic E-state index is 0.00629. The van der Waals surface area contributed by atoms with E-state index in [1.165, 1.54) is 18.4 Å². The van der Waals surface area contributed by atoms with Crippen molar-refractivity contribution in [2.45, 2.75) is 38.6 Å². The van der Waals surface area contributed by atoms with Gasteiger partial charge in [-0.15, -0.1) is 11.3 Å². The van der Waals surface area contributed by atoms with Crippen molar-refractivity contribution in [1.29, 1.82) is 0 Å². The molecule has 3 rings (SSSR count). The third-order valence-corrected chi connectivity index (χ3v) is 7.02. The predicted molar refractivity (Wildman–Crippen MR) is 129 cm³/mol. The van der Waals surface area contributed by atoms with E-state index in [1.54, 1.807) is 30.3 Å². The second-order valence-electron chi connectivity index (χ2n) is 7.76. The number of hydrogen-bond acceptors (Lipinski definition) is 6. The summed E-state index contributed by atoms with van der Waals surface area (Å²) in [6, 6.07) is 7.57. The summed E-state index contributed by atoms with van der Waals surface area (Å²) in [7, 11) is 1.27. The summed E-state index contributed by atoms with van der Waals surface area (Å²) in [4.78, 5) is 52.1. The Labute approximate surface area is 204 Å². The standard InChI is InChI=1S/C23H26BrN3O5S/c1-14-13-15(5-6-16(14)23(31)27-11-3-4-12-27)25-21(29)17(7-10-20(28)32-2)26-22(30)18-8-9-19(24)33-18/h5-6,8-9,13,17H,3-4,7,10-12H2,1-2H3,(H,25,29)(H,26,30). The summed E-state index contributed by atoms with van der Waals surface area (Å²) < 4.78 is 5.46. The maximum atomic E-state index is 13.0. The lowest BCUT2D eigenvalue weighted by Crippen LogP contribution is -2.44. The summed E-state index contributed by atoms with van der Waals surface area (Å²) >= 11 is 4.56. The Morgan fingerprint density at radius 1 is 1.15 bits per heavy atom. The van der Waals surface area contributed by atoms with Crippen molar-refractivity contribution in [1.82, 2.24) is 10.2 Å². The van der Waals surface area contributed by atoms with Gasteiger partial charge in [-0.1, -0.05) is 0 Å². The van der Waals surface area contributed by atoms with Gasteiger partial charge in [-0.3, -0.25) is 19.2 Å². The van der Waals surface area contributed by atoms with Gasteiger partial charge in [-0.05, 0) is 78.0 Å². The first-order valence-corrected chi connectivity index (χ1v) is 12.2. The van der Waals surface area contributed by atoms with Crippen LogP contribution in [0, 0.1) is 6.92 Å². The third kappa shape index (κ3) is 6.64. The average Bonchev–Trinajstić information content (AvgIpc) is 3.48. The molecule has 1 fully saturated rings. The van der Waals surface area contributed by atoms with Crippen LogP contribution in [0.4, 0.5) is 5.69 Å². The molecule has 2 N–H and O–H groups in total. The zero-order valence-corrected chi connectivity index (χ0v) is 20.9. The number of benzene rings is 1. The van der Waals surface area contributed by atoms with E-state index in [4.69, 9.17) is 0 Å². The summed E-state index contributed by atoms with van der Waals surface area (Å²) in [5, 5.41) is 5.48. The first-order valence-electron chi connectivity index (χ1n) is 10.6. The number of hydrogen-bond donors (Lipinski definition) is 2. The highest BCUT2D eigenvalue weighted by Gasteiger charge is 2.25. The second kappa shape index (κ2) is 11.4. The molecule has 1 aromatic carbocycles. The number of nitrogens with zero attached hydrogens (tertiary/aromatic N) is 1. The number of nitrogens with one attached hydrogen (secondary N) is 2. The molecular formula is C23H26BrN3O5S. The number of ether oxygens (including phenoxy) is 1. The molecule has 33 heavy (non-hydrogen) atoms. The molecular weight excluding hydrogens is 510 g/mol. The fourth-order valence-electron chi connectivity index (χ4n) is 3.60. The number of esters is 1. The molecule has 3 amide bonds. The Morgan fingerprint density at radius 3 is 2.48 bits per heavy atom. The number of aryl methyl sites for hydroxylation is 1. The monoisotopic (exact) mass is 535 g/mol. The van der Waals surface area contributed by atoms with E-state index in [0.717, 1.165) is 35.3 Å². The van der Waals surface area contributed by atoms with Crippen LogP contribution in [0.1, 0.15) is 51.3 Å². The molecule has 0 saturated carbocycles. The maximum Gasteiger partial charge on any atom is 0.305 e. The summed E-state index contributed by atoms with van der Waals surface area (Å²) in [6.07, 6.45) is 2.09. The van der Waals surface area contributed by atoms with Crippen LogP contribution in [0.3, 0.4) is 0 Å². The fourth-order valence-corrected chi connectivity index (χ4v) is 4.89. The van der Waals surface area contributed by atoms with Gasteiger partial charge in [0.05, 0.1) is 15.8 Å². The van der Waals surface area contributed by atoms with Gasteiger partial charge in [0.1, 0.15) is 6.04 Å². The van der Waals surface area contributed by atoms with Gasteiger partial charge < -0.3 is 20.3 Å². The first-order chi connectivity index (χ1) is 15.8. The lowest BCUT2D eigenvalue weighted by atomic mass is 10.1. The molecule has 1 aliphatic heterocycles. The van der Waals surface area contributed by atoms with Crippen LogP contribution >= 0.6 is 27.3 Å². The molecule has 1 atom stereocenters. The van der Waals surface area contributed by atoms with Crippen molar-refractivity contribution in [2.75, 3.05) is 25.5 Å². The van der Waals surface area contributed by atoms with Gasteiger partial charge >= 0.3 is 5.97 Å². The predicted octanol–water partition coefficient (Wildman–Crippen LogP) is 3.75. The van der Waals surface area contributed by atoms with E-state index in [9.17, 15) is 19.2 Å². The van der Waals surface area contributed by atoms with E-state index in [0.29, 0.717) is 16.1 Å². The van der Waals surface area contributed by atoms with Crippen molar-refractivity contribution < 1.29 is 23.9 Å². The van der Waals surface area contributed by atoms with Crippen molar-refractivity contribution in [2.24, 2.45) is 0 Å². The Morgan fingerprint density at radius 2 is 1.88 bits per heavy atom. The smallest absolute Gasteiger partial charge is 0.305 e. The van der Waals surface area contributed by atoms with Gasteiger partial charge in [0.2, 0.25) is 5.91 Å². The molecule has 0 spiro atoms. The molecule has 0 aliphatic carbocycles. The Bertz CT molecular complexity index is 1050. The average molecular weight is 536 g/mol. The van der Waals surface area contributed by atoms with Crippen LogP contribution in [-0.4, -0.2) is 54.8 Å². The molecule has 2 aromatic rings. The summed E-state index contributed by atoms with van der Waals surface area (Å²) in [5.74, 6) is -1.34. The normalized spacial score (nSPS) is 14.0. The zero-order valence-electron chi connectivity index (χ0n) is 18.5. The number of likely N-dealkylation sites (tertiary alicyclic amines) is 1. The molecule has 2 heterocycles. The number of methoxy groups -OCH3 is 1. The van der Waals surface area contributed by atoms with Gasteiger partial charge in [0.15, 0.2) is 0 Å². The number of rotatable bonds is 8. The Balaban J connectivity index is 1.70. The molecule has 1 aliphatic rings. The van der Waals surface area contributed by atoms with Crippen LogP contribution in [0.25, 0.3) is 0 Å². The lowest BCUT2D eigenvalue weighted by molar-refractivity contribution is -0.140. The van der Waals surface area contributed by atoms with Gasteiger partial charge in [0, 0.05) is 30.8 Å². The minimum atomic E-state index is -0.941. The van der Waals surface area contributed by atoms with Crippen LogP contribution in [-0.2, 0) is 14.3 Å². The van der Waals surface area contributed by atoms with Crippen molar-refractivity contribution in [3.8, 4) is 0 Å². The quantitative estimate of drug-likeness (QED) is 0.501. The number of carbonyl (C=O) groups is 4. The van der Waals surface area contributed by atoms with Crippen molar-refractivity contribution in [3.63, 3.8) is 0 Å². The van der Waals surface area contributed by atoms with Crippen molar-refractivity contribution in [3.05, 3.63) is 50.1 Å². The van der Waals surface area contributed by atoms with Crippen molar-refractivity contribution >= 4 is 56.6 Å². The van der Waals surface area contributed by atoms with Gasteiger partial charge in [-0.25, -0.2) is 0 Å². The number of carbonyl (C=O) groups excluding carboxylic acids is 4. The van der Waals surface area contributed by atoms with Gasteiger partial charge in [0.25, 0.3) is 11.8 Å². The van der Waals surface area contributed by atoms with Gasteiger partial charge in [-0.2, -0.15) is 0 Å². The second-order valence-corrected chi connectivity index (χ2v) is 10.2. The van der Waals surface area contributed by atoms with E-state index in [2.05, 4.69) is 31.3 Å². The minimum Gasteiger partial charge on any atom is -0.469 e. The zero-order chi connectivity index (χ0) is 24.0. The van der Waals surface area contributed by atoms with Crippen LogP contribution in [0.5, 0.6) is 0 Å². The number of halogens is 1. The van der Waals surface area contributed by atoms with E-state index < -0.39 is 23.8 Å². The highest BCUT2D eigenvalue weighted by molar-refractivity contribution is 9.11. The molecule has 0 radical (unpaired) electrons. The lowest BCUT2D eigenvalue weighted by Gasteiger charge is -2.19. The highest BCUT2D eigenvalue weighted by atomic mass is 79.9. The maximum absolute atomic E-state index is 13.0. The first kappa shape index (κ1) is 24.9. The number of amides is 3. The molecule has 1 aromatic heterocycles. The Kier molecular flexibility index (Phi) is 8.62. The fraction of sp³-hybridized carbons (Fsp3) is 0.391. The molecule has 0 bridgehead atoms. The number of thiophene rings is 1. The van der Waals surface area contributed by atoms with E-state index in [1.807, 2.05) is 11.8 Å². The third-order valence-electron chi connectivity index (χ3n) is 5.40. The van der Waals surface area contributed by atoms with Crippen LogP contribution in [0.2, 0.25) is 0 Å². The highest BCUT2D eigenvalue weighted by Crippen LogP contribution is 2.23. The van der Waals surface area contributed by atoms with Crippen LogP contribution < -0.4 is 10.6 Å². The molecule has 1 saturated heterocycles. The molecule has 8 nitrogen and oxygen atoms in total. The van der Waals surface area contributed by atoms with Crippen LogP contribution in [0.15, 0.2) is 34.1 Å². The Hall–Kier alpha value is -2.72. The SMILES string of the molecule is COC(=O)CCC(NC(=O)c1ccc(Br)s1)C(=O)Nc1ccc(C(=O)N2CCCC2)c(C)c1. The molecule has 10 heteroatoms. The summed E-state index contributed by atoms with van der Waals surface area (Å²) in [6.45, 7) is 3.35. The molecule has 176 valence electrons. The number of anilines is 1. The molecule has 1 unspecified atom stereocenters. The topological polar surface area (TPSA) is 105 Å². The largest absolute Gasteiger partial charge is 0.469 e. The summed E-state index contributed by atoms with van der Waals surface area (Å²) in [5.41, 5.74) is 1.86. The van der Waals surface area contributed by atoms with E-state index in [-0.39, 0.29) is 18.7 Å².